The molecule has 0 heterocycles. The third-order valence-electron chi connectivity index (χ3n) is 2.88. The Labute approximate surface area is 105 Å². The van der Waals surface area contributed by atoms with Crippen molar-refractivity contribution in [1.82, 2.24) is 0 Å². The van der Waals surface area contributed by atoms with Crippen LogP contribution in [0.25, 0.3) is 0 Å². The normalized spacial score (nSPS) is 19.9. The lowest BCUT2D eigenvalue weighted by molar-refractivity contribution is 0.0571. The second kappa shape index (κ2) is 4.61. The SMILES string of the molecule is Cc1ccccc1C(Cl)C1=CCC(F)(F)C=C1. The Kier molecular flexibility index (Phi) is 3.34. The smallest absolute Gasteiger partial charge is 0.202 e. The molecule has 0 saturated heterocycles. The molecule has 1 unspecified atom stereocenters. The minimum absolute atomic E-state index is 0.270. The van der Waals surface area contributed by atoms with Gasteiger partial charge in [-0.05, 0) is 29.7 Å². The van der Waals surface area contributed by atoms with E-state index in [2.05, 4.69) is 0 Å². The highest BCUT2D eigenvalue weighted by Crippen LogP contribution is 2.36. The fourth-order valence-corrected chi connectivity index (χ4v) is 2.25. The molecule has 1 aliphatic rings. The van der Waals surface area contributed by atoms with Gasteiger partial charge >= 0.3 is 0 Å². The van der Waals surface area contributed by atoms with Crippen molar-refractivity contribution in [3.8, 4) is 0 Å². The van der Waals surface area contributed by atoms with Crippen LogP contribution in [0.1, 0.15) is 22.9 Å². The highest BCUT2D eigenvalue weighted by molar-refractivity contribution is 6.23. The van der Waals surface area contributed by atoms with Crippen molar-refractivity contribution in [3.05, 3.63) is 59.2 Å². The number of benzene rings is 1. The minimum atomic E-state index is -2.73. The molecule has 0 spiro atoms. The van der Waals surface area contributed by atoms with Crippen LogP contribution in [0.15, 0.2) is 48.1 Å². The summed E-state index contributed by atoms with van der Waals surface area (Å²) in [5, 5.41) is -0.358. The molecule has 0 bridgehead atoms. The van der Waals surface area contributed by atoms with Gasteiger partial charge in [-0.2, -0.15) is 0 Å². The highest BCUT2D eigenvalue weighted by Gasteiger charge is 2.28. The number of hydrogen-bond donors (Lipinski definition) is 0. The number of allylic oxidation sites excluding steroid dienone is 4. The third-order valence-corrected chi connectivity index (χ3v) is 3.37. The first-order valence-corrected chi connectivity index (χ1v) is 5.90. The van der Waals surface area contributed by atoms with Crippen molar-refractivity contribution >= 4 is 11.6 Å². The molecule has 17 heavy (non-hydrogen) atoms. The molecule has 0 aliphatic heterocycles. The van der Waals surface area contributed by atoms with E-state index < -0.39 is 5.92 Å². The quantitative estimate of drug-likeness (QED) is 0.665. The molecule has 90 valence electrons. The summed E-state index contributed by atoms with van der Waals surface area (Å²) < 4.78 is 25.9. The number of hydrogen-bond acceptors (Lipinski definition) is 0. The lowest BCUT2D eigenvalue weighted by Crippen LogP contribution is -2.14. The molecule has 1 aromatic carbocycles. The number of aryl methyl sites for hydroxylation is 1. The first-order valence-electron chi connectivity index (χ1n) is 5.46. The summed E-state index contributed by atoms with van der Waals surface area (Å²) in [6.45, 7) is 1.96. The maximum Gasteiger partial charge on any atom is 0.270 e. The van der Waals surface area contributed by atoms with Gasteiger partial charge < -0.3 is 0 Å². The summed E-state index contributed by atoms with van der Waals surface area (Å²) in [5.41, 5.74) is 2.78. The van der Waals surface area contributed by atoms with Crippen LogP contribution in [0.5, 0.6) is 0 Å². The molecule has 0 saturated carbocycles. The molecule has 0 N–H and O–H groups in total. The van der Waals surface area contributed by atoms with Crippen LogP contribution in [0.2, 0.25) is 0 Å². The molecule has 0 radical (unpaired) electrons. The van der Waals surface area contributed by atoms with E-state index in [9.17, 15) is 8.78 Å². The van der Waals surface area contributed by atoms with Crippen molar-refractivity contribution in [1.29, 1.82) is 0 Å². The monoisotopic (exact) mass is 254 g/mol. The topological polar surface area (TPSA) is 0 Å². The Balaban J connectivity index is 2.23. The maximum atomic E-state index is 12.9. The van der Waals surface area contributed by atoms with Gasteiger partial charge in [0.15, 0.2) is 0 Å². The Morgan fingerprint density at radius 3 is 2.59 bits per heavy atom. The van der Waals surface area contributed by atoms with Crippen molar-refractivity contribution in [2.24, 2.45) is 0 Å². The van der Waals surface area contributed by atoms with Crippen molar-refractivity contribution in [2.75, 3.05) is 0 Å². The largest absolute Gasteiger partial charge is 0.270 e. The van der Waals surface area contributed by atoms with E-state index in [0.29, 0.717) is 0 Å². The van der Waals surface area contributed by atoms with Crippen LogP contribution < -0.4 is 0 Å². The van der Waals surface area contributed by atoms with Gasteiger partial charge in [0.25, 0.3) is 5.92 Å². The Bertz CT molecular complexity index is 475. The summed E-state index contributed by atoms with van der Waals surface area (Å²) in [5.74, 6) is -2.73. The van der Waals surface area contributed by atoms with Crippen LogP contribution in [-0.4, -0.2) is 5.92 Å². The van der Waals surface area contributed by atoms with Gasteiger partial charge in [-0.15, -0.1) is 11.6 Å². The predicted molar refractivity (Wildman–Crippen MR) is 66.6 cm³/mol. The zero-order valence-corrected chi connectivity index (χ0v) is 10.2. The molecule has 3 heteroatoms. The molecular weight excluding hydrogens is 242 g/mol. The van der Waals surface area contributed by atoms with E-state index in [1.54, 1.807) is 0 Å². The van der Waals surface area contributed by atoms with Crippen molar-refractivity contribution in [2.45, 2.75) is 24.6 Å². The fraction of sp³-hybridized carbons (Fsp3) is 0.286. The second-order valence-electron chi connectivity index (χ2n) is 4.22. The Hall–Kier alpha value is -1.15. The molecule has 0 fully saturated rings. The Morgan fingerprint density at radius 1 is 1.29 bits per heavy atom. The third kappa shape index (κ3) is 2.75. The van der Waals surface area contributed by atoms with E-state index >= 15 is 0 Å². The zero-order valence-electron chi connectivity index (χ0n) is 9.46. The first kappa shape index (κ1) is 12.3. The minimum Gasteiger partial charge on any atom is -0.202 e. The summed E-state index contributed by atoms with van der Waals surface area (Å²) in [7, 11) is 0. The lowest BCUT2D eigenvalue weighted by atomic mass is 9.95. The molecule has 2 rings (SSSR count). The summed E-state index contributed by atoms with van der Waals surface area (Å²) in [6, 6.07) is 7.72. The van der Waals surface area contributed by atoms with Gasteiger partial charge in [0.2, 0.25) is 0 Å². The summed E-state index contributed by atoms with van der Waals surface area (Å²) >= 11 is 6.32. The Morgan fingerprint density at radius 2 is 2.00 bits per heavy atom. The van der Waals surface area contributed by atoms with Crippen LogP contribution >= 0.6 is 11.6 Å². The van der Waals surface area contributed by atoms with E-state index in [4.69, 9.17) is 11.6 Å². The summed E-state index contributed by atoms with van der Waals surface area (Å²) in [4.78, 5) is 0. The number of alkyl halides is 3. The second-order valence-corrected chi connectivity index (χ2v) is 4.66. The predicted octanol–water partition coefficient (Wildman–Crippen LogP) is 4.80. The molecule has 0 nitrogen and oxygen atoms in total. The summed E-state index contributed by atoms with van der Waals surface area (Å²) in [6.07, 6.45) is 3.60. The van der Waals surface area contributed by atoms with Crippen LogP contribution in [-0.2, 0) is 0 Å². The van der Waals surface area contributed by atoms with Crippen LogP contribution in [0.4, 0.5) is 8.78 Å². The standard InChI is InChI=1S/C14H13ClF2/c1-10-4-2-3-5-12(10)13(15)11-6-8-14(16,17)9-7-11/h2-8,13H,9H2,1H3. The number of rotatable bonds is 2. The fourth-order valence-electron chi connectivity index (χ4n) is 1.85. The van der Waals surface area contributed by atoms with Gasteiger partial charge in [0.1, 0.15) is 0 Å². The molecule has 1 aromatic rings. The van der Waals surface area contributed by atoms with Gasteiger partial charge in [-0.25, -0.2) is 8.78 Å². The van der Waals surface area contributed by atoms with Crippen LogP contribution in [0, 0.1) is 6.92 Å². The maximum absolute atomic E-state index is 12.9. The molecular formula is C14H13ClF2. The molecule has 1 aliphatic carbocycles. The van der Waals surface area contributed by atoms with Crippen LogP contribution in [0.3, 0.4) is 0 Å². The van der Waals surface area contributed by atoms with Gasteiger partial charge in [0, 0.05) is 6.42 Å². The van der Waals surface area contributed by atoms with Crippen molar-refractivity contribution in [3.63, 3.8) is 0 Å². The first-order chi connectivity index (χ1) is 7.99. The lowest BCUT2D eigenvalue weighted by Gasteiger charge is -2.19. The zero-order chi connectivity index (χ0) is 12.5. The average molecular weight is 255 g/mol. The molecule has 0 aromatic heterocycles. The molecule has 0 amide bonds. The number of halogens is 3. The average Bonchev–Trinajstić information content (AvgIpc) is 2.29. The van der Waals surface area contributed by atoms with Gasteiger partial charge in [0.05, 0.1) is 5.38 Å². The highest BCUT2D eigenvalue weighted by atomic mass is 35.5. The van der Waals surface area contributed by atoms with Gasteiger partial charge in [-0.1, -0.05) is 36.4 Å². The van der Waals surface area contributed by atoms with E-state index in [1.165, 1.54) is 12.2 Å². The van der Waals surface area contributed by atoms with E-state index in [-0.39, 0.29) is 11.8 Å². The van der Waals surface area contributed by atoms with Crippen molar-refractivity contribution < 1.29 is 8.78 Å². The van der Waals surface area contributed by atoms with E-state index in [1.807, 2.05) is 31.2 Å². The molecule has 1 atom stereocenters. The van der Waals surface area contributed by atoms with E-state index in [0.717, 1.165) is 22.8 Å². The van der Waals surface area contributed by atoms with Gasteiger partial charge in [-0.3, -0.25) is 0 Å².